The molecule has 1 atom stereocenters. The van der Waals surface area contributed by atoms with E-state index in [0.717, 1.165) is 22.1 Å². The molecular weight excluding hydrogens is 294 g/mol. The predicted octanol–water partition coefficient (Wildman–Crippen LogP) is 2.74. The molecule has 4 nitrogen and oxygen atoms in total. The van der Waals surface area contributed by atoms with Gasteiger partial charge in [0.25, 0.3) is 0 Å². The van der Waals surface area contributed by atoms with Crippen molar-refractivity contribution in [2.45, 2.75) is 19.5 Å². The van der Waals surface area contributed by atoms with Crippen LogP contribution in [0, 0.1) is 0 Å². The molecular formula is C13H16BrN3O. The Kier molecular flexibility index (Phi) is 4.04. The molecule has 0 radical (unpaired) electrons. The number of aromatic nitrogens is 2. The smallest absolute Gasteiger partial charge is 0.129 e. The van der Waals surface area contributed by atoms with Gasteiger partial charge in [-0.15, -0.1) is 0 Å². The second-order valence-corrected chi connectivity index (χ2v) is 5.19. The van der Waals surface area contributed by atoms with Gasteiger partial charge in [-0.05, 0) is 40.5 Å². The summed E-state index contributed by atoms with van der Waals surface area (Å²) < 4.78 is 2.51. The Hall–Kier alpha value is -1.33. The first-order valence-corrected chi connectivity index (χ1v) is 6.55. The van der Waals surface area contributed by atoms with Gasteiger partial charge in [-0.3, -0.25) is 4.68 Å². The van der Waals surface area contributed by atoms with Gasteiger partial charge < -0.3 is 10.4 Å². The minimum atomic E-state index is 0.242. The minimum Gasteiger partial charge on any atom is -0.507 e. The zero-order chi connectivity index (χ0) is 13.1. The molecule has 2 rings (SSSR count). The highest BCUT2D eigenvalue weighted by atomic mass is 79.9. The number of nitrogens with zero attached hydrogens (tertiary/aromatic N) is 2. The number of hydrogen-bond donors (Lipinski definition) is 2. The largest absolute Gasteiger partial charge is 0.507 e. The molecule has 0 amide bonds. The third-order valence-electron chi connectivity index (χ3n) is 2.85. The lowest BCUT2D eigenvalue weighted by Gasteiger charge is -2.12. The molecule has 1 heterocycles. The van der Waals surface area contributed by atoms with Gasteiger partial charge in [-0.25, -0.2) is 0 Å². The maximum atomic E-state index is 9.42. The van der Waals surface area contributed by atoms with E-state index in [4.69, 9.17) is 0 Å². The molecule has 0 aliphatic carbocycles. The first-order chi connectivity index (χ1) is 8.56. The molecule has 0 saturated carbocycles. The normalized spacial score (nSPS) is 12.6. The van der Waals surface area contributed by atoms with Gasteiger partial charge in [0.1, 0.15) is 5.75 Å². The predicted molar refractivity (Wildman–Crippen MR) is 74.3 cm³/mol. The van der Waals surface area contributed by atoms with Crippen LogP contribution < -0.4 is 5.32 Å². The molecule has 0 aliphatic heterocycles. The van der Waals surface area contributed by atoms with E-state index in [1.54, 1.807) is 10.7 Å². The van der Waals surface area contributed by atoms with Gasteiger partial charge in [0.05, 0.1) is 10.7 Å². The SMILES string of the molecule is CC(NCc1ccc(O)c(Br)c1)c1cnn(C)c1. The fourth-order valence-electron chi connectivity index (χ4n) is 1.71. The van der Waals surface area contributed by atoms with E-state index in [-0.39, 0.29) is 11.8 Å². The van der Waals surface area contributed by atoms with Crippen molar-refractivity contribution in [1.82, 2.24) is 15.1 Å². The quantitative estimate of drug-likeness (QED) is 0.913. The maximum absolute atomic E-state index is 9.42. The Balaban J connectivity index is 1.97. The third-order valence-corrected chi connectivity index (χ3v) is 3.48. The van der Waals surface area contributed by atoms with Crippen LogP contribution in [0.2, 0.25) is 0 Å². The first kappa shape index (κ1) is 13.1. The highest BCUT2D eigenvalue weighted by molar-refractivity contribution is 9.10. The Morgan fingerprint density at radius 3 is 2.89 bits per heavy atom. The zero-order valence-electron chi connectivity index (χ0n) is 10.4. The van der Waals surface area contributed by atoms with Crippen molar-refractivity contribution >= 4 is 15.9 Å². The van der Waals surface area contributed by atoms with Crippen molar-refractivity contribution in [2.24, 2.45) is 7.05 Å². The molecule has 1 aromatic carbocycles. The monoisotopic (exact) mass is 309 g/mol. The van der Waals surface area contributed by atoms with Gasteiger partial charge in [-0.2, -0.15) is 5.10 Å². The summed E-state index contributed by atoms with van der Waals surface area (Å²) in [5, 5.41) is 17.0. The highest BCUT2D eigenvalue weighted by Crippen LogP contribution is 2.24. The van der Waals surface area contributed by atoms with Crippen LogP contribution in [-0.2, 0) is 13.6 Å². The number of halogens is 1. The molecule has 2 N–H and O–H groups in total. The summed E-state index contributed by atoms with van der Waals surface area (Å²) in [4.78, 5) is 0. The number of phenols is 1. The lowest BCUT2D eigenvalue weighted by atomic mass is 10.1. The second-order valence-electron chi connectivity index (χ2n) is 4.34. The molecule has 0 saturated heterocycles. The average Bonchev–Trinajstić information content (AvgIpc) is 2.77. The Morgan fingerprint density at radius 2 is 2.28 bits per heavy atom. The Labute approximate surface area is 115 Å². The standard InChI is InChI=1S/C13H16BrN3O/c1-9(11-7-16-17(2)8-11)15-6-10-3-4-13(18)12(14)5-10/h3-5,7-9,15,18H,6H2,1-2H3. The summed E-state index contributed by atoms with van der Waals surface area (Å²) in [5.41, 5.74) is 2.28. The van der Waals surface area contributed by atoms with Crippen LogP contribution >= 0.6 is 15.9 Å². The Bertz CT molecular complexity index is 539. The number of benzene rings is 1. The van der Waals surface area contributed by atoms with Crippen LogP contribution in [0.4, 0.5) is 0 Å². The van der Waals surface area contributed by atoms with E-state index in [2.05, 4.69) is 33.3 Å². The molecule has 0 aliphatic rings. The van der Waals surface area contributed by atoms with Crippen LogP contribution in [0.3, 0.4) is 0 Å². The fraction of sp³-hybridized carbons (Fsp3) is 0.308. The molecule has 2 aromatic rings. The first-order valence-electron chi connectivity index (χ1n) is 5.75. The van der Waals surface area contributed by atoms with E-state index in [1.807, 2.05) is 31.6 Å². The van der Waals surface area contributed by atoms with Crippen molar-refractivity contribution in [3.8, 4) is 5.75 Å². The van der Waals surface area contributed by atoms with Crippen LogP contribution in [0.1, 0.15) is 24.1 Å². The molecule has 1 aromatic heterocycles. The third kappa shape index (κ3) is 3.11. The molecule has 0 fully saturated rings. The number of aryl methyl sites for hydroxylation is 1. The number of rotatable bonds is 4. The fourth-order valence-corrected chi connectivity index (χ4v) is 2.14. The molecule has 18 heavy (non-hydrogen) atoms. The lowest BCUT2D eigenvalue weighted by molar-refractivity contribution is 0.471. The summed E-state index contributed by atoms with van der Waals surface area (Å²) in [5.74, 6) is 0.263. The topological polar surface area (TPSA) is 50.1 Å². The van der Waals surface area contributed by atoms with E-state index in [1.165, 1.54) is 0 Å². The highest BCUT2D eigenvalue weighted by Gasteiger charge is 2.07. The average molecular weight is 310 g/mol. The van der Waals surface area contributed by atoms with Crippen molar-refractivity contribution in [3.63, 3.8) is 0 Å². The van der Waals surface area contributed by atoms with Crippen molar-refractivity contribution in [2.75, 3.05) is 0 Å². The van der Waals surface area contributed by atoms with Crippen molar-refractivity contribution in [3.05, 3.63) is 46.2 Å². The van der Waals surface area contributed by atoms with Crippen LogP contribution in [-0.4, -0.2) is 14.9 Å². The lowest BCUT2D eigenvalue weighted by Crippen LogP contribution is -2.17. The van der Waals surface area contributed by atoms with Gasteiger partial charge in [0.2, 0.25) is 0 Å². The molecule has 0 spiro atoms. The Morgan fingerprint density at radius 1 is 1.50 bits per heavy atom. The van der Waals surface area contributed by atoms with Gasteiger partial charge in [0, 0.05) is 31.4 Å². The van der Waals surface area contributed by atoms with Gasteiger partial charge in [0.15, 0.2) is 0 Å². The van der Waals surface area contributed by atoms with E-state index >= 15 is 0 Å². The molecule has 5 heteroatoms. The number of aromatic hydroxyl groups is 1. The summed E-state index contributed by atoms with van der Waals surface area (Å²) in [6.45, 7) is 2.85. The van der Waals surface area contributed by atoms with E-state index in [0.29, 0.717) is 0 Å². The number of nitrogens with one attached hydrogen (secondary N) is 1. The summed E-state index contributed by atoms with van der Waals surface area (Å²) in [6, 6.07) is 5.75. The molecule has 1 unspecified atom stereocenters. The van der Waals surface area contributed by atoms with Crippen LogP contribution in [0.15, 0.2) is 35.1 Å². The van der Waals surface area contributed by atoms with Crippen molar-refractivity contribution in [1.29, 1.82) is 0 Å². The van der Waals surface area contributed by atoms with Crippen molar-refractivity contribution < 1.29 is 5.11 Å². The van der Waals surface area contributed by atoms with Crippen LogP contribution in [0.25, 0.3) is 0 Å². The van der Waals surface area contributed by atoms with Crippen LogP contribution in [0.5, 0.6) is 5.75 Å². The maximum Gasteiger partial charge on any atom is 0.129 e. The summed E-state index contributed by atoms with van der Waals surface area (Å²) in [7, 11) is 1.91. The number of phenolic OH excluding ortho intramolecular Hbond substituents is 1. The number of hydrogen-bond acceptors (Lipinski definition) is 3. The summed E-state index contributed by atoms with van der Waals surface area (Å²) in [6.07, 6.45) is 3.87. The molecule has 0 bridgehead atoms. The van der Waals surface area contributed by atoms with E-state index in [9.17, 15) is 5.11 Å². The minimum absolute atomic E-state index is 0.242. The van der Waals surface area contributed by atoms with E-state index < -0.39 is 0 Å². The zero-order valence-corrected chi connectivity index (χ0v) is 12.0. The summed E-state index contributed by atoms with van der Waals surface area (Å²) >= 11 is 3.31. The van der Waals surface area contributed by atoms with Gasteiger partial charge in [-0.1, -0.05) is 6.07 Å². The molecule has 96 valence electrons. The van der Waals surface area contributed by atoms with Gasteiger partial charge >= 0.3 is 0 Å². The second kappa shape index (κ2) is 5.54.